The van der Waals surface area contributed by atoms with Crippen LogP contribution in [0.3, 0.4) is 0 Å². The second-order valence-corrected chi connectivity index (χ2v) is 5.44. The Morgan fingerprint density at radius 2 is 2.53 bits per heavy atom. The summed E-state index contributed by atoms with van der Waals surface area (Å²) in [5.74, 6) is 1.96. The van der Waals surface area contributed by atoms with Crippen LogP contribution in [0.2, 0.25) is 0 Å². The second-order valence-electron chi connectivity index (χ2n) is 4.33. The third-order valence-corrected chi connectivity index (χ3v) is 4.11. The van der Waals surface area contributed by atoms with Crippen molar-refractivity contribution in [2.24, 2.45) is 0 Å². The smallest absolute Gasteiger partial charge is 0.0869 e. The molecule has 0 aromatic heterocycles. The number of rotatable bonds is 4. The monoisotopic (exact) mass is 229 g/mol. The Kier molecular flexibility index (Phi) is 4.08. The van der Waals surface area contributed by atoms with Crippen molar-refractivity contribution in [1.29, 1.82) is 0 Å². The van der Waals surface area contributed by atoms with Crippen LogP contribution in [0, 0.1) is 0 Å². The third-order valence-electron chi connectivity index (χ3n) is 2.87. The Labute approximate surface area is 95.3 Å². The van der Waals surface area contributed by atoms with Gasteiger partial charge in [0.25, 0.3) is 0 Å². The van der Waals surface area contributed by atoms with E-state index in [1.54, 1.807) is 0 Å². The molecule has 86 valence electrons. The van der Waals surface area contributed by atoms with Crippen molar-refractivity contribution in [2.75, 3.05) is 37.8 Å². The van der Waals surface area contributed by atoms with E-state index in [1.807, 2.05) is 11.8 Å². The van der Waals surface area contributed by atoms with Gasteiger partial charge in [-0.05, 0) is 24.2 Å². The summed E-state index contributed by atoms with van der Waals surface area (Å²) >= 11 is 1.84. The third kappa shape index (κ3) is 3.48. The lowest BCUT2D eigenvalue weighted by Gasteiger charge is -2.22. The zero-order chi connectivity index (χ0) is 10.6. The summed E-state index contributed by atoms with van der Waals surface area (Å²) < 4.78 is 5.35. The lowest BCUT2D eigenvalue weighted by molar-refractivity contribution is 0.0680. The van der Waals surface area contributed by atoms with Crippen molar-refractivity contribution >= 4 is 11.8 Å². The van der Waals surface area contributed by atoms with Crippen LogP contribution < -0.4 is 5.32 Å². The zero-order valence-electron chi connectivity index (χ0n) is 9.00. The van der Waals surface area contributed by atoms with Gasteiger partial charge in [-0.1, -0.05) is 6.08 Å². The van der Waals surface area contributed by atoms with Gasteiger partial charge in [-0.2, -0.15) is 11.8 Å². The van der Waals surface area contributed by atoms with Crippen LogP contribution in [0.25, 0.3) is 0 Å². The van der Waals surface area contributed by atoms with Crippen LogP contribution in [0.1, 0.15) is 12.8 Å². The maximum Gasteiger partial charge on any atom is 0.0869 e. The molecule has 0 aromatic rings. The number of hydrogen-bond acceptors (Lipinski definition) is 4. The largest absolute Gasteiger partial charge is 0.388 e. The van der Waals surface area contributed by atoms with Crippen molar-refractivity contribution in [2.45, 2.75) is 18.4 Å². The van der Waals surface area contributed by atoms with E-state index in [0.717, 1.165) is 44.1 Å². The highest BCUT2D eigenvalue weighted by atomic mass is 32.2. The van der Waals surface area contributed by atoms with E-state index in [-0.39, 0.29) is 0 Å². The average Bonchev–Trinajstić information content (AvgIpc) is 2.67. The van der Waals surface area contributed by atoms with Gasteiger partial charge >= 0.3 is 0 Å². The fourth-order valence-corrected chi connectivity index (χ4v) is 3.22. The molecule has 2 N–H and O–H groups in total. The van der Waals surface area contributed by atoms with E-state index in [4.69, 9.17) is 4.74 Å². The first kappa shape index (κ1) is 11.5. The highest BCUT2D eigenvalue weighted by molar-refractivity contribution is 7.99. The summed E-state index contributed by atoms with van der Waals surface area (Å²) in [5.41, 5.74) is 0.844. The summed E-state index contributed by atoms with van der Waals surface area (Å²) in [4.78, 5) is 0. The molecule has 3 nitrogen and oxygen atoms in total. The van der Waals surface area contributed by atoms with Crippen LogP contribution in [0.4, 0.5) is 0 Å². The Morgan fingerprint density at radius 1 is 1.60 bits per heavy atom. The lowest BCUT2D eigenvalue weighted by Crippen LogP contribution is -2.41. The van der Waals surface area contributed by atoms with Crippen LogP contribution in [0.15, 0.2) is 11.6 Å². The summed E-state index contributed by atoms with van der Waals surface area (Å²) in [6.07, 6.45) is 4.18. The molecule has 2 aliphatic rings. The first-order valence-electron chi connectivity index (χ1n) is 5.55. The van der Waals surface area contributed by atoms with Crippen molar-refractivity contribution in [3.8, 4) is 0 Å². The number of nitrogens with one attached hydrogen (secondary N) is 1. The number of ether oxygens (including phenoxy) is 1. The van der Waals surface area contributed by atoms with Crippen LogP contribution in [0.5, 0.6) is 0 Å². The predicted molar refractivity (Wildman–Crippen MR) is 63.3 cm³/mol. The second kappa shape index (κ2) is 5.34. The Hall–Kier alpha value is -0.0300. The van der Waals surface area contributed by atoms with E-state index in [2.05, 4.69) is 11.4 Å². The quantitative estimate of drug-likeness (QED) is 0.699. The van der Waals surface area contributed by atoms with Gasteiger partial charge < -0.3 is 15.2 Å². The molecular weight excluding hydrogens is 210 g/mol. The molecule has 0 saturated carbocycles. The van der Waals surface area contributed by atoms with Gasteiger partial charge in [-0.3, -0.25) is 0 Å². The predicted octanol–water partition coefficient (Wildman–Crippen LogP) is 0.791. The van der Waals surface area contributed by atoms with E-state index >= 15 is 0 Å². The molecule has 1 unspecified atom stereocenters. The van der Waals surface area contributed by atoms with Gasteiger partial charge in [0.1, 0.15) is 0 Å². The minimum Gasteiger partial charge on any atom is -0.388 e. The van der Waals surface area contributed by atoms with E-state index < -0.39 is 5.60 Å². The summed E-state index contributed by atoms with van der Waals surface area (Å²) in [6, 6.07) is 0. The Balaban J connectivity index is 1.67. The molecule has 4 heteroatoms. The molecule has 0 radical (unpaired) electrons. The minimum absolute atomic E-state index is 0.471. The maximum atomic E-state index is 10.1. The van der Waals surface area contributed by atoms with Crippen LogP contribution >= 0.6 is 11.8 Å². The molecule has 0 bridgehead atoms. The molecule has 1 atom stereocenters. The van der Waals surface area contributed by atoms with Gasteiger partial charge in [0.05, 0.1) is 18.8 Å². The number of hydrogen-bond donors (Lipinski definition) is 2. The number of thioether (sulfide) groups is 1. The summed E-state index contributed by atoms with van der Waals surface area (Å²) in [7, 11) is 0. The molecule has 0 amide bonds. The normalized spacial score (nSPS) is 31.7. The number of aliphatic hydroxyl groups is 1. The van der Waals surface area contributed by atoms with E-state index in [0.29, 0.717) is 6.54 Å². The van der Waals surface area contributed by atoms with Crippen LogP contribution in [-0.4, -0.2) is 48.5 Å². The van der Waals surface area contributed by atoms with Crippen molar-refractivity contribution in [3.05, 3.63) is 11.6 Å². The molecule has 1 fully saturated rings. The van der Waals surface area contributed by atoms with Crippen molar-refractivity contribution in [3.63, 3.8) is 0 Å². The molecule has 15 heavy (non-hydrogen) atoms. The van der Waals surface area contributed by atoms with Gasteiger partial charge in [-0.15, -0.1) is 0 Å². The molecule has 0 spiro atoms. The first-order valence-corrected chi connectivity index (χ1v) is 6.70. The fraction of sp³-hybridized carbons (Fsp3) is 0.818. The van der Waals surface area contributed by atoms with Gasteiger partial charge in [0.15, 0.2) is 0 Å². The highest BCUT2D eigenvalue weighted by Crippen LogP contribution is 2.26. The maximum absolute atomic E-state index is 10.1. The zero-order valence-corrected chi connectivity index (χ0v) is 9.81. The standard InChI is InChI=1S/C11H19NO2S/c13-11(3-5-15-9-11)8-12-6-10-2-1-4-14-7-10/h2,12-13H,1,3-9H2. The molecule has 2 rings (SSSR count). The summed E-state index contributed by atoms with van der Waals surface area (Å²) in [5, 5.41) is 13.4. The Bertz CT molecular complexity index is 237. The minimum atomic E-state index is -0.471. The highest BCUT2D eigenvalue weighted by Gasteiger charge is 2.30. The van der Waals surface area contributed by atoms with Crippen LogP contribution in [-0.2, 0) is 4.74 Å². The van der Waals surface area contributed by atoms with Crippen molar-refractivity contribution < 1.29 is 9.84 Å². The molecule has 2 heterocycles. The van der Waals surface area contributed by atoms with E-state index in [9.17, 15) is 5.11 Å². The van der Waals surface area contributed by atoms with Gasteiger partial charge in [-0.25, -0.2) is 0 Å². The molecule has 0 aromatic carbocycles. The lowest BCUT2D eigenvalue weighted by atomic mass is 10.0. The fourth-order valence-electron chi connectivity index (χ4n) is 1.92. The molecule has 2 aliphatic heterocycles. The molecular formula is C11H19NO2S. The Morgan fingerprint density at radius 3 is 3.20 bits per heavy atom. The topological polar surface area (TPSA) is 41.5 Å². The molecule has 1 saturated heterocycles. The average molecular weight is 229 g/mol. The van der Waals surface area contributed by atoms with Crippen molar-refractivity contribution in [1.82, 2.24) is 5.32 Å². The van der Waals surface area contributed by atoms with Gasteiger partial charge in [0, 0.05) is 18.8 Å². The summed E-state index contributed by atoms with van der Waals surface area (Å²) in [6.45, 7) is 3.16. The van der Waals surface area contributed by atoms with Gasteiger partial charge in [0.2, 0.25) is 0 Å². The molecule has 0 aliphatic carbocycles. The van der Waals surface area contributed by atoms with E-state index in [1.165, 1.54) is 5.57 Å². The SMILES string of the molecule is OC1(CNCC2=CCCOC2)CCSC1. The first-order chi connectivity index (χ1) is 7.29.